The molecule has 2 rings (SSSR count). The molecule has 0 radical (unpaired) electrons. The molecule has 1 heterocycles. The van der Waals surface area contributed by atoms with Crippen LogP contribution in [0.5, 0.6) is 0 Å². The third-order valence-electron chi connectivity index (χ3n) is 1.33. The molecule has 34 valence electrons. The van der Waals surface area contributed by atoms with Gasteiger partial charge in [-0.25, -0.2) is 9.78 Å². The predicted molar refractivity (Wildman–Crippen MR) is 18.9 cm³/mol. The van der Waals surface area contributed by atoms with Crippen molar-refractivity contribution >= 4 is 0 Å². The molecule has 0 N–H and O–H groups in total. The van der Waals surface area contributed by atoms with Crippen molar-refractivity contribution in [3.8, 4) is 0 Å². The van der Waals surface area contributed by atoms with Gasteiger partial charge in [0.2, 0.25) is 0 Å². The summed E-state index contributed by atoms with van der Waals surface area (Å²) >= 11 is 0. The SMILES string of the molecule is C1OOC2CC12. The monoisotopic (exact) mass is 86.0 g/mol. The topological polar surface area (TPSA) is 18.5 Å². The summed E-state index contributed by atoms with van der Waals surface area (Å²) in [7, 11) is 0. The van der Waals surface area contributed by atoms with Crippen molar-refractivity contribution < 1.29 is 9.78 Å². The molecule has 2 nitrogen and oxygen atoms in total. The lowest BCUT2D eigenvalue weighted by molar-refractivity contribution is -0.271. The van der Waals surface area contributed by atoms with Gasteiger partial charge in [-0.2, -0.15) is 0 Å². The fraction of sp³-hybridized carbons (Fsp3) is 1.00. The predicted octanol–water partition coefficient (Wildman–Crippen LogP) is 0.337. The van der Waals surface area contributed by atoms with Crippen molar-refractivity contribution in [1.29, 1.82) is 0 Å². The van der Waals surface area contributed by atoms with Gasteiger partial charge in [0, 0.05) is 5.92 Å². The Morgan fingerprint density at radius 3 is 2.67 bits per heavy atom. The molecule has 2 unspecified atom stereocenters. The van der Waals surface area contributed by atoms with Crippen molar-refractivity contribution in [2.24, 2.45) is 5.92 Å². The second-order valence-corrected chi connectivity index (χ2v) is 1.91. The number of fused-ring (bicyclic) bond motifs is 1. The van der Waals surface area contributed by atoms with E-state index in [1.54, 1.807) is 0 Å². The highest BCUT2D eigenvalue weighted by Gasteiger charge is 2.44. The molecule has 1 saturated carbocycles. The molecule has 2 aliphatic rings. The van der Waals surface area contributed by atoms with E-state index >= 15 is 0 Å². The Balaban J connectivity index is 2.09. The molecule has 1 aliphatic heterocycles. The summed E-state index contributed by atoms with van der Waals surface area (Å²) in [6.45, 7) is 0.838. The van der Waals surface area contributed by atoms with Crippen molar-refractivity contribution in [2.75, 3.05) is 6.61 Å². The van der Waals surface area contributed by atoms with E-state index in [1.165, 1.54) is 6.42 Å². The first-order chi connectivity index (χ1) is 2.97. The van der Waals surface area contributed by atoms with Gasteiger partial charge >= 0.3 is 0 Å². The van der Waals surface area contributed by atoms with Crippen LogP contribution in [0.15, 0.2) is 0 Å². The maximum atomic E-state index is 4.73. The molecule has 1 aliphatic carbocycles. The molecule has 0 amide bonds. The van der Waals surface area contributed by atoms with Gasteiger partial charge in [0.1, 0.15) is 0 Å². The van der Waals surface area contributed by atoms with E-state index in [0.29, 0.717) is 6.10 Å². The Kier molecular flexibility index (Phi) is 0.383. The number of rotatable bonds is 0. The smallest absolute Gasteiger partial charge is 0.0986 e. The lowest BCUT2D eigenvalue weighted by Crippen LogP contribution is -1.84. The minimum absolute atomic E-state index is 0.491. The molecule has 6 heavy (non-hydrogen) atoms. The van der Waals surface area contributed by atoms with Gasteiger partial charge in [0.25, 0.3) is 0 Å². The highest BCUT2D eigenvalue weighted by Crippen LogP contribution is 2.38. The zero-order chi connectivity index (χ0) is 3.98. The summed E-state index contributed by atoms with van der Waals surface area (Å²) in [4.78, 5) is 9.33. The maximum absolute atomic E-state index is 4.73. The summed E-state index contributed by atoms with van der Waals surface area (Å²) < 4.78 is 0. The first-order valence-corrected chi connectivity index (χ1v) is 2.25. The molecular formula is C4H6O2. The van der Waals surface area contributed by atoms with Crippen LogP contribution in [0.1, 0.15) is 6.42 Å². The molecule has 2 fully saturated rings. The van der Waals surface area contributed by atoms with Crippen LogP contribution < -0.4 is 0 Å². The zero-order valence-electron chi connectivity index (χ0n) is 3.39. The van der Waals surface area contributed by atoms with Crippen molar-refractivity contribution in [2.45, 2.75) is 12.5 Å². The second kappa shape index (κ2) is 0.768. The summed E-state index contributed by atoms with van der Waals surface area (Å²) in [6.07, 6.45) is 1.73. The van der Waals surface area contributed by atoms with E-state index in [2.05, 4.69) is 4.89 Å². The Morgan fingerprint density at radius 2 is 2.50 bits per heavy atom. The van der Waals surface area contributed by atoms with E-state index in [-0.39, 0.29) is 0 Å². The van der Waals surface area contributed by atoms with Gasteiger partial charge in [-0.15, -0.1) is 0 Å². The molecule has 0 aromatic heterocycles. The molecule has 0 bridgehead atoms. The summed E-state index contributed by atoms with van der Waals surface area (Å²) in [6, 6.07) is 0. The summed E-state index contributed by atoms with van der Waals surface area (Å²) in [5.41, 5.74) is 0. The molecule has 0 aromatic carbocycles. The number of hydrogen-bond acceptors (Lipinski definition) is 2. The fourth-order valence-corrected chi connectivity index (χ4v) is 0.727. The van der Waals surface area contributed by atoms with Crippen LogP contribution in [-0.4, -0.2) is 12.7 Å². The largest absolute Gasteiger partial charge is 0.236 e. The minimum Gasteiger partial charge on any atom is -0.236 e. The lowest BCUT2D eigenvalue weighted by Gasteiger charge is -1.87. The number of hydrogen-bond donors (Lipinski definition) is 0. The van der Waals surface area contributed by atoms with Gasteiger partial charge in [-0.3, -0.25) is 0 Å². The molecule has 2 atom stereocenters. The molecular weight excluding hydrogens is 80.0 g/mol. The molecule has 1 saturated heterocycles. The van der Waals surface area contributed by atoms with Gasteiger partial charge in [0.05, 0.1) is 12.7 Å². The zero-order valence-corrected chi connectivity index (χ0v) is 3.39. The summed E-state index contributed by atoms with van der Waals surface area (Å²) in [5, 5.41) is 0. The molecule has 0 spiro atoms. The Morgan fingerprint density at radius 1 is 1.50 bits per heavy atom. The first kappa shape index (κ1) is 2.99. The van der Waals surface area contributed by atoms with Crippen LogP contribution in [-0.2, 0) is 9.78 Å². The third kappa shape index (κ3) is 0.235. The van der Waals surface area contributed by atoms with Gasteiger partial charge in [-0.05, 0) is 6.42 Å². The fourth-order valence-electron chi connectivity index (χ4n) is 0.727. The standard InChI is InChI=1S/C4H6O2/c1-3-2-5-6-4(1)3/h3-4H,1-2H2. The Labute approximate surface area is 36.0 Å². The third-order valence-corrected chi connectivity index (χ3v) is 1.33. The van der Waals surface area contributed by atoms with Crippen LogP contribution in [0, 0.1) is 5.92 Å². The van der Waals surface area contributed by atoms with E-state index < -0.39 is 0 Å². The van der Waals surface area contributed by atoms with Crippen molar-refractivity contribution in [1.82, 2.24) is 0 Å². The molecule has 0 aromatic rings. The van der Waals surface area contributed by atoms with Crippen molar-refractivity contribution in [3.63, 3.8) is 0 Å². The van der Waals surface area contributed by atoms with Crippen LogP contribution in [0.25, 0.3) is 0 Å². The highest BCUT2D eigenvalue weighted by atomic mass is 17.2. The Hall–Kier alpha value is -0.0800. The highest BCUT2D eigenvalue weighted by molar-refractivity contribution is 4.88. The van der Waals surface area contributed by atoms with Crippen LogP contribution in [0.2, 0.25) is 0 Å². The second-order valence-electron chi connectivity index (χ2n) is 1.91. The minimum atomic E-state index is 0.491. The van der Waals surface area contributed by atoms with E-state index in [1.807, 2.05) is 0 Å². The van der Waals surface area contributed by atoms with Crippen molar-refractivity contribution in [3.05, 3.63) is 0 Å². The van der Waals surface area contributed by atoms with Crippen LogP contribution >= 0.6 is 0 Å². The van der Waals surface area contributed by atoms with E-state index in [9.17, 15) is 0 Å². The quantitative estimate of drug-likeness (QED) is 0.396. The van der Waals surface area contributed by atoms with Crippen LogP contribution in [0.3, 0.4) is 0 Å². The van der Waals surface area contributed by atoms with E-state index in [4.69, 9.17) is 4.89 Å². The maximum Gasteiger partial charge on any atom is 0.0986 e. The summed E-state index contributed by atoms with van der Waals surface area (Å²) in [5.74, 6) is 0.769. The van der Waals surface area contributed by atoms with E-state index in [0.717, 1.165) is 12.5 Å². The first-order valence-electron chi connectivity index (χ1n) is 2.25. The molecule has 2 heteroatoms. The lowest BCUT2D eigenvalue weighted by atomic mass is 10.5. The Bertz CT molecular complexity index is 63.9. The van der Waals surface area contributed by atoms with Gasteiger partial charge in [0.15, 0.2) is 0 Å². The average Bonchev–Trinajstić information content (AvgIpc) is 2.17. The van der Waals surface area contributed by atoms with Crippen LogP contribution in [0.4, 0.5) is 0 Å². The van der Waals surface area contributed by atoms with Gasteiger partial charge < -0.3 is 0 Å². The van der Waals surface area contributed by atoms with Gasteiger partial charge in [-0.1, -0.05) is 0 Å². The normalized spacial score (nSPS) is 52.0. The average molecular weight is 86.1 g/mol.